The van der Waals surface area contributed by atoms with Crippen molar-refractivity contribution in [1.29, 1.82) is 0 Å². The van der Waals surface area contributed by atoms with Crippen molar-refractivity contribution in [3.63, 3.8) is 0 Å². The lowest BCUT2D eigenvalue weighted by Gasteiger charge is -2.23. The van der Waals surface area contributed by atoms with E-state index in [4.69, 9.17) is 4.74 Å². The zero-order valence-corrected chi connectivity index (χ0v) is 14.8. The predicted molar refractivity (Wildman–Crippen MR) is 91.2 cm³/mol. The highest BCUT2D eigenvalue weighted by molar-refractivity contribution is 9.10. The van der Waals surface area contributed by atoms with E-state index in [1.165, 1.54) is 0 Å². The lowest BCUT2D eigenvalue weighted by molar-refractivity contribution is -0.139. The zero-order valence-electron chi connectivity index (χ0n) is 13.2. The molecule has 2 saturated heterocycles. The lowest BCUT2D eigenvalue weighted by atomic mass is 10.1. The van der Waals surface area contributed by atoms with Gasteiger partial charge in [-0.1, -0.05) is 22.0 Å². The summed E-state index contributed by atoms with van der Waals surface area (Å²) in [6, 6.07) is 7.61. The molecule has 2 aliphatic rings. The molecule has 0 bridgehead atoms. The summed E-state index contributed by atoms with van der Waals surface area (Å²) in [5.41, 5.74) is 0.835. The van der Waals surface area contributed by atoms with Gasteiger partial charge in [0.05, 0.1) is 6.10 Å². The van der Waals surface area contributed by atoms with Crippen molar-refractivity contribution in [2.45, 2.75) is 25.4 Å². The summed E-state index contributed by atoms with van der Waals surface area (Å²) < 4.78 is 6.50. The molecule has 2 amide bonds. The van der Waals surface area contributed by atoms with Crippen molar-refractivity contribution in [1.82, 2.24) is 4.90 Å². The molecule has 2 heterocycles. The Morgan fingerprint density at radius 1 is 1.43 bits per heavy atom. The molecule has 2 atom stereocenters. The van der Waals surface area contributed by atoms with Crippen LogP contribution in [0.2, 0.25) is 0 Å². The van der Waals surface area contributed by atoms with Gasteiger partial charge in [-0.3, -0.25) is 9.59 Å². The average molecular weight is 381 g/mol. The van der Waals surface area contributed by atoms with Gasteiger partial charge in [0.25, 0.3) is 0 Å². The smallest absolute Gasteiger partial charge is 0.239 e. The third kappa shape index (κ3) is 3.58. The second kappa shape index (κ2) is 7.01. The highest BCUT2D eigenvalue weighted by Gasteiger charge is 2.39. The first-order valence-electron chi connectivity index (χ1n) is 8.00. The Bertz CT molecular complexity index is 601. The number of benzene rings is 1. The molecule has 1 unspecified atom stereocenters. The van der Waals surface area contributed by atoms with Crippen LogP contribution in [0.4, 0.5) is 5.69 Å². The van der Waals surface area contributed by atoms with E-state index in [1.54, 1.807) is 16.8 Å². The van der Waals surface area contributed by atoms with Crippen molar-refractivity contribution in [2.24, 2.45) is 5.92 Å². The number of amides is 2. The first kappa shape index (κ1) is 16.5. The number of rotatable bonds is 4. The quantitative estimate of drug-likeness (QED) is 0.753. The van der Waals surface area contributed by atoms with Gasteiger partial charge in [0.2, 0.25) is 11.8 Å². The Kier molecular flexibility index (Phi) is 5.02. The molecule has 2 fully saturated rings. The molecule has 6 heteroatoms. The SMILES string of the molecule is CN(C[C@@H]1CCCO1)C(=O)C1CCN(c2cccc(Br)c2)C1=O. The molecule has 1 aromatic rings. The van der Waals surface area contributed by atoms with Crippen molar-refractivity contribution in [2.75, 3.05) is 31.6 Å². The predicted octanol–water partition coefficient (Wildman–Crippen LogP) is 2.44. The van der Waals surface area contributed by atoms with Crippen LogP contribution in [0.5, 0.6) is 0 Å². The molecule has 0 aromatic heterocycles. The molecular weight excluding hydrogens is 360 g/mol. The monoisotopic (exact) mass is 380 g/mol. The maximum absolute atomic E-state index is 12.6. The van der Waals surface area contributed by atoms with E-state index in [1.807, 2.05) is 24.3 Å². The minimum absolute atomic E-state index is 0.0944. The van der Waals surface area contributed by atoms with Crippen LogP contribution in [0.1, 0.15) is 19.3 Å². The number of carbonyl (C=O) groups excluding carboxylic acids is 2. The third-order valence-electron chi connectivity index (χ3n) is 4.50. The maximum Gasteiger partial charge on any atom is 0.239 e. The molecule has 5 nitrogen and oxygen atoms in total. The number of carbonyl (C=O) groups is 2. The number of likely N-dealkylation sites (N-methyl/N-ethyl adjacent to an activating group) is 1. The Balaban J connectivity index is 1.64. The number of ether oxygens (including phenoxy) is 1. The minimum Gasteiger partial charge on any atom is -0.376 e. The molecule has 0 saturated carbocycles. The number of hydrogen-bond donors (Lipinski definition) is 0. The maximum atomic E-state index is 12.6. The Morgan fingerprint density at radius 2 is 2.26 bits per heavy atom. The van der Waals surface area contributed by atoms with Crippen LogP contribution >= 0.6 is 15.9 Å². The second-order valence-corrected chi connectivity index (χ2v) is 7.08. The van der Waals surface area contributed by atoms with E-state index in [-0.39, 0.29) is 17.9 Å². The van der Waals surface area contributed by atoms with Crippen molar-refractivity contribution in [3.8, 4) is 0 Å². The highest BCUT2D eigenvalue weighted by Crippen LogP contribution is 2.28. The van der Waals surface area contributed by atoms with Crippen LogP contribution in [-0.4, -0.2) is 49.6 Å². The van der Waals surface area contributed by atoms with Gasteiger partial charge in [-0.25, -0.2) is 0 Å². The van der Waals surface area contributed by atoms with Crippen LogP contribution < -0.4 is 4.90 Å². The molecule has 0 radical (unpaired) electrons. The molecule has 23 heavy (non-hydrogen) atoms. The van der Waals surface area contributed by atoms with Crippen LogP contribution in [-0.2, 0) is 14.3 Å². The van der Waals surface area contributed by atoms with Gasteiger partial charge in [-0.2, -0.15) is 0 Å². The topological polar surface area (TPSA) is 49.9 Å². The second-order valence-electron chi connectivity index (χ2n) is 6.16. The zero-order chi connectivity index (χ0) is 16.4. The summed E-state index contributed by atoms with van der Waals surface area (Å²) in [7, 11) is 1.76. The third-order valence-corrected chi connectivity index (χ3v) is 4.99. The molecule has 124 valence electrons. The normalized spacial score (nSPS) is 24.3. The fraction of sp³-hybridized carbons (Fsp3) is 0.529. The molecule has 0 N–H and O–H groups in total. The number of halogens is 1. The van der Waals surface area contributed by atoms with Gasteiger partial charge < -0.3 is 14.5 Å². The molecule has 0 aliphatic carbocycles. The lowest BCUT2D eigenvalue weighted by Crippen LogP contribution is -2.41. The molecule has 1 aromatic carbocycles. The molecule has 0 spiro atoms. The largest absolute Gasteiger partial charge is 0.376 e. The van der Waals surface area contributed by atoms with E-state index in [0.29, 0.717) is 19.5 Å². The fourth-order valence-corrected chi connectivity index (χ4v) is 3.65. The molecule has 2 aliphatic heterocycles. The van der Waals surface area contributed by atoms with E-state index < -0.39 is 5.92 Å². The number of hydrogen-bond acceptors (Lipinski definition) is 3. The summed E-state index contributed by atoms with van der Waals surface area (Å²) in [5.74, 6) is -0.768. The van der Waals surface area contributed by atoms with Gasteiger partial charge in [0.1, 0.15) is 5.92 Å². The van der Waals surface area contributed by atoms with Crippen LogP contribution in [0.25, 0.3) is 0 Å². The van der Waals surface area contributed by atoms with E-state index in [0.717, 1.165) is 29.6 Å². The minimum atomic E-state index is -0.569. The molecule has 3 rings (SSSR count). The first-order chi connectivity index (χ1) is 11.1. The Morgan fingerprint density at radius 3 is 2.96 bits per heavy atom. The van der Waals surface area contributed by atoms with E-state index in [2.05, 4.69) is 15.9 Å². The van der Waals surface area contributed by atoms with E-state index >= 15 is 0 Å². The standard InChI is InChI=1S/C17H21BrN2O3/c1-19(11-14-6-3-9-23-14)16(21)15-7-8-20(17(15)22)13-5-2-4-12(18)10-13/h2,4-5,10,14-15H,3,6-9,11H2,1H3/t14-,15?/m0/s1. The van der Waals surface area contributed by atoms with E-state index in [9.17, 15) is 9.59 Å². The summed E-state index contributed by atoms with van der Waals surface area (Å²) in [5, 5.41) is 0. The highest BCUT2D eigenvalue weighted by atomic mass is 79.9. The number of nitrogens with zero attached hydrogens (tertiary/aromatic N) is 2. The van der Waals surface area contributed by atoms with Crippen molar-refractivity contribution < 1.29 is 14.3 Å². The van der Waals surface area contributed by atoms with Gasteiger partial charge in [-0.15, -0.1) is 0 Å². The Hall–Kier alpha value is -1.40. The van der Waals surface area contributed by atoms with Gasteiger partial charge in [0.15, 0.2) is 0 Å². The first-order valence-corrected chi connectivity index (χ1v) is 8.79. The summed E-state index contributed by atoms with van der Waals surface area (Å²) in [6.07, 6.45) is 2.72. The summed E-state index contributed by atoms with van der Waals surface area (Å²) >= 11 is 3.42. The van der Waals surface area contributed by atoms with Gasteiger partial charge >= 0.3 is 0 Å². The summed E-state index contributed by atoms with van der Waals surface area (Å²) in [4.78, 5) is 28.6. The van der Waals surface area contributed by atoms with Crippen molar-refractivity contribution in [3.05, 3.63) is 28.7 Å². The summed E-state index contributed by atoms with van der Waals surface area (Å²) in [6.45, 7) is 1.92. The van der Waals surface area contributed by atoms with Crippen molar-refractivity contribution >= 4 is 33.4 Å². The Labute approximate surface area is 144 Å². The van der Waals surface area contributed by atoms with Crippen LogP contribution in [0, 0.1) is 5.92 Å². The van der Waals surface area contributed by atoms with Gasteiger partial charge in [0, 0.05) is 36.9 Å². The molecular formula is C17H21BrN2O3. The van der Waals surface area contributed by atoms with Crippen LogP contribution in [0.3, 0.4) is 0 Å². The fourth-order valence-electron chi connectivity index (χ4n) is 3.26. The van der Waals surface area contributed by atoms with Gasteiger partial charge in [-0.05, 0) is 37.5 Å². The van der Waals surface area contributed by atoms with Crippen LogP contribution in [0.15, 0.2) is 28.7 Å². The average Bonchev–Trinajstić information content (AvgIpc) is 3.16. The number of anilines is 1.